The average molecular weight is 274 g/mol. The Morgan fingerprint density at radius 2 is 1.58 bits per heavy atom. The molecule has 1 heterocycles. The SMILES string of the molecule is Cc1ccc([C@H]2O[C@@H]2S(=O)(=O)c2ccccc2)cc1. The first-order valence-corrected chi connectivity index (χ1v) is 7.64. The van der Waals surface area contributed by atoms with Gasteiger partial charge in [0, 0.05) is 0 Å². The standard InChI is InChI=1S/C15H14O3S/c1-11-7-9-12(10-8-11)14-15(18-14)19(16,17)13-5-3-2-4-6-13/h2-10,14-15H,1H3/t14-,15-/m1/s1. The van der Waals surface area contributed by atoms with Crippen molar-refractivity contribution in [3.05, 3.63) is 65.7 Å². The third-order valence-electron chi connectivity index (χ3n) is 3.23. The van der Waals surface area contributed by atoms with Crippen LogP contribution < -0.4 is 0 Å². The van der Waals surface area contributed by atoms with Gasteiger partial charge in [-0.2, -0.15) is 0 Å². The van der Waals surface area contributed by atoms with Gasteiger partial charge in [0.05, 0.1) is 4.90 Å². The third-order valence-corrected chi connectivity index (χ3v) is 5.13. The summed E-state index contributed by atoms with van der Waals surface area (Å²) in [4.78, 5) is 0.314. The Balaban J connectivity index is 1.85. The van der Waals surface area contributed by atoms with Crippen LogP contribution >= 0.6 is 0 Å². The second kappa shape index (κ2) is 4.47. The van der Waals surface area contributed by atoms with Gasteiger partial charge in [0.2, 0.25) is 9.84 Å². The molecule has 1 aliphatic heterocycles. The quantitative estimate of drug-likeness (QED) is 0.808. The summed E-state index contributed by atoms with van der Waals surface area (Å²) in [6.07, 6.45) is -0.342. The third kappa shape index (κ3) is 2.29. The van der Waals surface area contributed by atoms with Gasteiger partial charge >= 0.3 is 0 Å². The highest BCUT2D eigenvalue weighted by atomic mass is 32.2. The fourth-order valence-electron chi connectivity index (χ4n) is 2.07. The van der Waals surface area contributed by atoms with Crippen molar-refractivity contribution in [2.45, 2.75) is 23.4 Å². The zero-order valence-electron chi connectivity index (χ0n) is 10.5. The Morgan fingerprint density at radius 1 is 0.947 bits per heavy atom. The van der Waals surface area contributed by atoms with Gasteiger partial charge in [-0.15, -0.1) is 0 Å². The summed E-state index contributed by atoms with van der Waals surface area (Å²) in [6, 6.07) is 16.2. The molecule has 1 aliphatic rings. The minimum atomic E-state index is -3.40. The van der Waals surface area contributed by atoms with Crippen LogP contribution in [-0.4, -0.2) is 13.9 Å². The van der Waals surface area contributed by atoms with Crippen LogP contribution in [0.15, 0.2) is 59.5 Å². The van der Waals surface area contributed by atoms with E-state index in [4.69, 9.17) is 4.74 Å². The molecule has 19 heavy (non-hydrogen) atoms. The van der Waals surface area contributed by atoms with Crippen LogP contribution in [0.4, 0.5) is 0 Å². The molecule has 0 aliphatic carbocycles. The van der Waals surface area contributed by atoms with E-state index in [-0.39, 0.29) is 6.10 Å². The molecule has 0 spiro atoms. The van der Waals surface area contributed by atoms with Gasteiger partial charge in [0.15, 0.2) is 5.44 Å². The number of sulfone groups is 1. The highest BCUT2D eigenvalue weighted by Gasteiger charge is 2.50. The minimum Gasteiger partial charge on any atom is -0.347 e. The van der Waals surface area contributed by atoms with Crippen molar-refractivity contribution in [3.63, 3.8) is 0 Å². The van der Waals surface area contributed by atoms with Gasteiger partial charge < -0.3 is 4.74 Å². The molecule has 1 saturated heterocycles. The Hall–Kier alpha value is -1.65. The Morgan fingerprint density at radius 3 is 2.21 bits per heavy atom. The molecule has 0 N–H and O–H groups in total. The van der Waals surface area contributed by atoms with Crippen LogP contribution in [0.5, 0.6) is 0 Å². The number of benzene rings is 2. The summed E-state index contributed by atoms with van der Waals surface area (Å²) in [5.41, 5.74) is 1.31. The molecule has 0 aromatic heterocycles. The maximum atomic E-state index is 12.3. The van der Waals surface area contributed by atoms with E-state index in [2.05, 4.69) is 0 Å². The van der Waals surface area contributed by atoms with Crippen LogP contribution in [0.3, 0.4) is 0 Å². The van der Waals surface area contributed by atoms with Crippen LogP contribution in [0.1, 0.15) is 17.2 Å². The molecular formula is C15H14O3S. The van der Waals surface area contributed by atoms with E-state index in [1.807, 2.05) is 31.2 Å². The topological polar surface area (TPSA) is 46.7 Å². The predicted molar refractivity (Wildman–Crippen MR) is 72.4 cm³/mol. The van der Waals surface area contributed by atoms with Crippen molar-refractivity contribution >= 4 is 9.84 Å². The van der Waals surface area contributed by atoms with Gasteiger partial charge in [-0.3, -0.25) is 0 Å². The minimum absolute atomic E-state index is 0.314. The molecule has 2 aromatic rings. The zero-order valence-corrected chi connectivity index (χ0v) is 11.3. The smallest absolute Gasteiger partial charge is 0.208 e. The molecule has 1 fully saturated rings. The van der Waals surface area contributed by atoms with Crippen molar-refractivity contribution in [2.75, 3.05) is 0 Å². The van der Waals surface area contributed by atoms with Crippen molar-refractivity contribution < 1.29 is 13.2 Å². The van der Waals surface area contributed by atoms with Crippen LogP contribution in [0.2, 0.25) is 0 Å². The normalized spacial score (nSPS) is 22.2. The second-order valence-corrected chi connectivity index (χ2v) is 6.72. The Bertz CT molecular complexity index is 675. The molecule has 2 aromatic carbocycles. The maximum Gasteiger partial charge on any atom is 0.208 e. The number of epoxide rings is 1. The van der Waals surface area contributed by atoms with Crippen LogP contribution in [0, 0.1) is 6.92 Å². The van der Waals surface area contributed by atoms with Gasteiger partial charge in [0.25, 0.3) is 0 Å². The summed E-state index contributed by atoms with van der Waals surface area (Å²) in [6.45, 7) is 2.00. The van der Waals surface area contributed by atoms with Crippen molar-refractivity contribution in [1.29, 1.82) is 0 Å². The van der Waals surface area contributed by atoms with Crippen LogP contribution in [0.25, 0.3) is 0 Å². The molecule has 98 valence electrons. The summed E-state index contributed by atoms with van der Waals surface area (Å²) < 4.78 is 30.0. The van der Waals surface area contributed by atoms with Crippen molar-refractivity contribution in [3.8, 4) is 0 Å². The summed E-state index contributed by atoms with van der Waals surface area (Å²) in [5, 5.41) is 0. The lowest BCUT2D eigenvalue weighted by molar-refractivity contribution is 0.399. The molecule has 0 radical (unpaired) electrons. The Kier molecular flexibility index (Phi) is 2.92. The molecule has 3 nitrogen and oxygen atoms in total. The molecule has 0 amide bonds. The van der Waals surface area contributed by atoms with Gasteiger partial charge in [-0.1, -0.05) is 48.0 Å². The van der Waals surface area contributed by atoms with Gasteiger partial charge in [-0.25, -0.2) is 8.42 Å². The zero-order chi connectivity index (χ0) is 13.5. The summed E-state index contributed by atoms with van der Waals surface area (Å²) in [5.74, 6) is 0. The fourth-order valence-corrected chi connectivity index (χ4v) is 3.62. The molecule has 4 heteroatoms. The molecule has 0 unspecified atom stereocenters. The highest BCUT2D eigenvalue weighted by molar-refractivity contribution is 7.92. The first-order valence-electron chi connectivity index (χ1n) is 6.10. The number of rotatable bonds is 3. The molecule has 0 bridgehead atoms. The molecular weight excluding hydrogens is 260 g/mol. The highest BCUT2D eigenvalue weighted by Crippen LogP contribution is 2.44. The van der Waals surface area contributed by atoms with E-state index in [0.29, 0.717) is 4.90 Å². The van der Waals surface area contributed by atoms with Gasteiger partial charge in [0.1, 0.15) is 6.10 Å². The van der Waals surface area contributed by atoms with E-state index in [9.17, 15) is 8.42 Å². The average Bonchev–Trinajstić information content (AvgIpc) is 3.22. The lowest BCUT2D eigenvalue weighted by Gasteiger charge is -2.01. The molecule has 2 atom stereocenters. The number of aryl methyl sites for hydroxylation is 1. The van der Waals surface area contributed by atoms with E-state index in [1.54, 1.807) is 30.3 Å². The Labute approximate surface area is 112 Å². The van der Waals surface area contributed by atoms with Crippen molar-refractivity contribution in [2.24, 2.45) is 0 Å². The predicted octanol–water partition coefficient (Wildman–Crippen LogP) is 2.87. The van der Waals surface area contributed by atoms with E-state index in [0.717, 1.165) is 11.1 Å². The van der Waals surface area contributed by atoms with E-state index < -0.39 is 15.3 Å². The number of hydrogen-bond acceptors (Lipinski definition) is 3. The van der Waals surface area contributed by atoms with E-state index in [1.165, 1.54) is 0 Å². The van der Waals surface area contributed by atoms with Crippen LogP contribution in [-0.2, 0) is 14.6 Å². The lowest BCUT2D eigenvalue weighted by Crippen LogP contribution is -2.09. The van der Waals surface area contributed by atoms with Crippen molar-refractivity contribution in [1.82, 2.24) is 0 Å². The largest absolute Gasteiger partial charge is 0.347 e. The van der Waals surface area contributed by atoms with Gasteiger partial charge in [-0.05, 0) is 24.6 Å². The van der Waals surface area contributed by atoms with E-state index >= 15 is 0 Å². The summed E-state index contributed by atoms with van der Waals surface area (Å²) >= 11 is 0. The lowest BCUT2D eigenvalue weighted by atomic mass is 10.1. The summed E-state index contributed by atoms with van der Waals surface area (Å²) in [7, 11) is -3.40. The maximum absolute atomic E-state index is 12.3. The second-order valence-electron chi connectivity index (χ2n) is 4.69. The number of hydrogen-bond donors (Lipinski definition) is 0. The molecule has 3 rings (SSSR count). The first kappa shape index (κ1) is 12.4. The number of ether oxygens (including phenoxy) is 1. The monoisotopic (exact) mass is 274 g/mol. The fraction of sp³-hybridized carbons (Fsp3) is 0.200. The molecule has 0 saturated carbocycles. The first-order chi connectivity index (χ1) is 9.09.